The third-order valence-electron chi connectivity index (χ3n) is 6.70. The number of amides is 1. The summed E-state index contributed by atoms with van der Waals surface area (Å²) in [4.78, 5) is 17.0. The van der Waals surface area contributed by atoms with E-state index in [0.29, 0.717) is 55.8 Å². The Morgan fingerprint density at radius 1 is 1.03 bits per heavy atom. The zero-order chi connectivity index (χ0) is 23.4. The van der Waals surface area contributed by atoms with Crippen LogP contribution in [0, 0.1) is 0 Å². The Hall–Kier alpha value is -3.06. The van der Waals surface area contributed by atoms with Gasteiger partial charge < -0.3 is 19.3 Å². The van der Waals surface area contributed by atoms with Gasteiger partial charge in [-0.25, -0.2) is 0 Å². The Kier molecular flexibility index (Phi) is 6.72. The zero-order valence-electron chi connectivity index (χ0n) is 19.0. The number of benzene rings is 2. The fraction of sp³-hybridized carbons (Fsp3) is 0.423. The van der Waals surface area contributed by atoms with Gasteiger partial charge in [0.05, 0.1) is 0 Å². The Morgan fingerprint density at radius 3 is 2.59 bits per heavy atom. The highest BCUT2D eigenvalue weighted by molar-refractivity contribution is 6.30. The topological polar surface area (TPSA) is 86.5 Å². The monoisotopic (exact) mass is 481 g/mol. The van der Waals surface area contributed by atoms with Gasteiger partial charge in [-0.15, -0.1) is 0 Å². The van der Waals surface area contributed by atoms with E-state index in [1.165, 1.54) is 5.56 Å². The van der Waals surface area contributed by atoms with Crippen molar-refractivity contribution in [1.29, 1.82) is 0 Å². The third-order valence-corrected chi connectivity index (χ3v) is 6.96. The van der Waals surface area contributed by atoms with Gasteiger partial charge in [0.1, 0.15) is 13.2 Å². The molecule has 1 aliphatic heterocycles. The molecule has 3 aromatic rings. The maximum Gasteiger partial charge on any atom is 0.226 e. The first-order valence-corrected chi connectivity index (χ1v) is 12.2. The molecule has 8 heteroatoms. The molecule has 2 heterocycles. The fourth-order valence-electron chi connectivity index (χ4n) is 4.82. The zero-order valence-corrected chi connectivity index (χ0v) is 19.8. The average molecular weight is 482 g/mol. The highest BCUT2D eigenvalue weighted by Gasteiger charge is 2.36. The quantitative estimate of drug-likeness (QED) is 0.481. The van der Waals surface area contributed by atoms with Crippen LogP contribution in [-0.4, -0.2) is 35.8 Å². The van der Waals surface area contributed by atoms with Crippen molar-refractivity contribution in [2.24, 2.45) is 0 Å². The van der Waals surface area contributed by atoms with E-state index in [4.69, 9.17) is 25.6 Å². The number of halogens is 1. The molecule has 1 N–H and O–H groups in total. The molecule has 1 amide bonds. The Morgan fingerprint density at radius 2 is 1.79 bits per heavy atom. The summed E-state index contributed by atoms with van der Waals surface area (Å²) in [5.41, 5.74) is 2.01. The lowest BCUT2D eigenvalue weighted by molar-refractivity contribution is -0.121. The van der Waals surface area contributed by atoms with Crippen LogP contribution in [0.3, 0.4) is 0 Å². The normalized spacial score (nSPS) is 16.4. The van der Waals surface area contributed by atoms with Gasteiger partial charge in [-0.1, -0.05) is 35.7 Å². The molecule has 1 aromatic heterocycles. The Bertz CT molecular complexity index is 1140. The van der Waals surface area contributed by atoms with Crippen molar-refractivity contribution >= 4 is 17.5 Å². The second kappa shape index (κ2) is 10.1. The number of carbonyl (C=O) groups is 1. The average Bonchev–Trinajstić information content (AvgIpc) is 3.54. The van der Waals surface area contributed by atoms with Crippen molar-refractivity contribution in [2.75, 3.05) is 19.8 Å². The van der Waals surface area contributed by atoms with Crippen LogP contribution in [0.5, 0.6) is 11.5 Å². The molecule has 5 rings (SSSR count). The molecular formula is C26H28ClN3O4. The minimum absolute atomic E-state index is 0.0428. The van der Waals surface area contributed by atoms with Crippen LogP contribution in [0.15, 0.2) is 47.0 Å². The van der Waals surface area contributed by atoms with Gasteiger partial charge in [-0.05, 0) is 61.2 Å². The molecule has 7 nitrogen and oxygen atoms in total. The summed E-state index contributed by atoms with van der Waals surface area (Å²) in [6, 6.07) is 13.5. The highest BCUT2D eigenvalue weighted by atomic mass is 35.5. The number of ether oxygens (including phenoxy) is 2. The summed E-state index contributed by atoms with van der Waals surface area (Å²) < 4.78 is 16.8. The first-order chi connectivity index (χ1) is 16.6. The van der Waals surface area contributed by atoms with E-state index >= 15 is 0 Å². The van der Waals surface area contributed by atoms with Gasteiger partial charge in [-0.3, -0.25) is 4.79 Å². The molecule has 1 aliphatic carbocycles. The molecule has 0 unspecified atom stereocenters. The number of nitrogens with zero attached hydrogens (tertiary/aromatic N) is 2. The molecular weight excluding hydrogens is 454 g/mol. The van der Waals surface area contributed by atoms with Crippen LogP contribution in [0.25, 0.3) is 11.4 Å². The minimum atomic E-state index is -0.0501. The molecule has 0 atom stereocenters. The number of nitrogens with one attached hydrogen (secondary N) is 1. The van der Waals surface area contributed by atoms with Gasteiger partial charge in [0.2, 0.25) is 17.6 Å². The Balaban J connectivity index is 1.14. The lowest BCUT2D eigenvalue weighted by atomic mass is 9.78. The van der Waals surface area contributed by atoms with Crippen LogP contribution < -0.4 is 14.8 Å². The largest absolute Gasteiger partial charge is 0.486 e. The van der Waals surface area contributed by atoms with Gasteiger partial charge in [-0.2, -0.15) is 4.98 Å². The molecule has 1 fully saturated rings. The molecule has 2 aromatic carbocycles. The van der Waals surface area contributed by atoms with E-state index in [1.807, 2.05) is 18.2 Å². The van der Waals surface area contributed by atoms with E-state index < -0.39 is 0 Å². The van der Waals surface area contributed by atoms with Crippen molar-refractivity contribution < 1.29 is 18.8 Å². The van der Waals surface area contributed by atoms with E-state index in [0.717, 1.165) is 42.7 Å². The number of carbonyl (C=O) groups excluding carboxylic acids is 1. The van der Waals surface area contributed by atoms with E-state index in [9.17, 15) is 4.79 Å². The van der Waals surface area contributed by atoms with E-state index in [1.54, 1.807) is 12.1 Å². The first-order valence-electron chi connectivity index (χ1n) is 11.9. The van der Waals surface area contributed by atoms with Crippen molar-refractivity contribution in [3.8, 4) is 22.9 Å². The first kappa shape index (κ1) is 22.7. The van der Waals surface area contributed by atoms with Crippen LogP contribution in [0.1, 0.15) is 50.0 Å². The second-order valence-electron chi connectivity index (χ2n) is 8.99. The van der Waals surface area contributed by atoms with Crippen LogP contribution in [-0.2, 0) is 16.6 Å². The smallest absolute Gasteiger partial charge is 0.226 e. The highest BCUT2D eigenvalue weighted by Crippen LogP contribution is 2.43. The molecule has 0 bridgehead atoms. The molecule has 0 radical (unpaired) electrons. The summed E-state index contributed by atoms with van der Waals surface area (Å²) in [5, 5.41) is 7.86. The molecule has 1 saturated carbocycles. The molecule has 34 heavy (non-hydrogen) atoms. The summed E-state index contributed by atoms with van der Waals surface area (Å²) >= 11 is 5.93. The SMILES string of the molecule is O=C(CCCc1nc(-c2ccc(Cl)cc2)no1)NCC1(c2ccc3c(c2)OCCO3)CCCC1. The van der Waals surface area contributed by atoms with Crippen molar-refractivity contribution in [2.45, 2.75) is 50.4 Å². The van der Waals surface area contributed by atoms with Crippen LogP contribution >= 0.6 is 11.6 Å². The molecule has 0 spiro atoms. The summed E-state index contributed by atoms with van der Waals surface area (Å²) in [7, 11) is 0. The minimum Gasteiger partial charge on any atom is -0.486 e. The van der Waals surface area contributed by atoms with Crippen LogP contribution in [0.4, 0.5) is 0 Å². The van der Waals surface area contributed by atoms with Crippen LogP contribution in [0.2, 0.25) is 5.02 Å². The van der Waals surface area contributed by atoms with Gasteiger partial charge in [0, 0.05) is 35.4 Å². The van der Waals surface area contributed by atoms with Gasteiger partial charge >= 0.3 is 0 Å². The van der Waals surface area contributed by atoms with Crippen molar-refractivity contribution in [3.05, 3.63) is 58.9 Å². The number of fused-ring (bicyclic) bond motifs is 1. The lowest BCUT2D eigenvalue weighted by Gasteiger charge is -2.31. The van der Waals surface area contributed by atoms with Crippen molar-refractivity contribution in [1.82, 2.24) is 15.5 Å². The lowest BCUT2D eigenvalue weighted by Crippen LogP contribution is -2.39. The summed E-state index contributed by atoms with van der Waals surface area (Å²) in [6.45, 7) is 1.79. The fourth-order valence-corrected chi connectivity index (χ4v) is 4.95. The molecule has 0 saturated heterocycles. The molecule has 178 valence electrons. The Labute approximate surface area is 203 Å². The van der Waals surface area contributed by atoms with Gasteiger partial charge in [0.25, 0.3) is 0 Å². The maximum atomic E-state index is 12.6. The third kappa shape index (κ3) is 5.04. The number of hydrogen-bond donors (Lipinski definition) is 1. The number of hydrogen-bond acceptors (Lipinski definition) is 6. The van der Waals surface area contributed by atoms with E-state index in [2.05, 4.69) is 27.6 Å². The summed E-state index contributed by atoms with van der Waals surface area (Å²) in [6.07, 6.45) is 6.06. The number of rotatable bonds is 8. The van der Waals surface area contributed by atoms with E-state index in [-0.39, 0.29) is 11.3 Å². The number of aryl methyl sites for hydroxylation is 1. The standard InChI is InChI=1S/C26H28ClN3O4/c27-20-9-6-18(7-10-20)25-29-24(34-30-25)5-3-4-23(31)28-17-26(12-1-2-13-26)19-8-11-21-22(16-19)33-15-14-32-21/h6-11,16H,1-5,12-15,17H2,(H,28,31). The number of aromatic nitrogens is 2. The molecule has 2 aliphatic rings. The predicted molar refractivity (Wildman–Crippen MR) is 128 cm³/mol. The second-order valence-corrected chi connectivity index (χ2v) is 9.43. The predicted octanol–water partition coefficient (Wildman–Crippen LogP) is 5.11. The van der Waals surface area contributed by atoms with Gasteiger partial charge in [0.15, 0.2) is 11.5 Å². The van der Waals surface area contributed by atoms with Crippen molar-refractivity contribution in [3.63, 3.8) is 0 Å². The summed E-state index contributed by atoms with van der Waals surface area (Å²) in [5.74, 6) is 2.70. The maximum absolute atomic E-state index is 12.6.